The summed E-state index contributed by atoms with van der Waals surface area (Å²) in [5.41, 5.74) is 1.69. The molecule has 0 fully saturated rings. The Labute approximate surface area is 107 Å². The SMILES string of the molecule is Cc1oc(C)c(C(=O)CCc2nccn2C)c1C. The number of carbonyl (C=O) groups is 1. The number of furan rings is 1. The third kappa shape index (κ3) is 2.23. The molecule has 0 atom stereocenters. The van der Waals surface area contributed by atoms with Gasteiger partial charge in [-0.15, -0.1) is 0 Å². The highest BCUT2D eigenvalue weighted by molar-refractivity contribution is 5.98. The maximum Gasteiger partial charge on any atom is 0.167 e. The molecular formula is C14H18N2O2. The fourth-order valence-electron chi connectivity index (χ4n) is 2.19. The fraction of sp³-hybridized carbons (Fsp3) is 0.429. The largest absolute Gasteiger partial charge is 0.466 e. The predicted molar refractivity (Wildman–Crippen MR) is 68.8 cm³/mol. The molecule has 0 saturated heterocycles. The number of carbonyl (C=O) groups excluding carboxylic acids is 1. The maximum atomic E-state index is 12.2. The number of rotatable bonds is 4. The summed E-state index contributed by atoms with van der Waals surface area (Å²) in [7, 11) is 1.94. The lowest BCUT2D eigenvalue weighted by Gasteiger charge is -2.02. The molecule has 0 radical (unpaired) electrons. The second-order valence-corrected chi connectivity index (χ2v) is 4.59. The minimum atomic E-state index is 0.129. The number of aromatic nitrogens is 2. The Bertz CT molecular complexity index is 579. The van der Waals surface area contributed by atoms with E-state index >= 15 is 0 Å². The molecule has 0 aliphatic heterocycles. The van der Waals surface area contributed by atoms with Gasteiger partial charge in [-0.1, -0.05) is 0 Å². The molecule has 18 heavy (non-hydrogen) atoms. The molecule has 2 aromatic heterocycles. The Morgan fingerprint density at radius 3 is 2.56 bits per heavy atom. The Balaban J connectivity index is 2.11. The van der Waals surface area contributed by atoms with Crippen molar-refractivity contribution in [1.82, 2.24) is 9.55 Å². The van der Waals surface area contributed by atoms with E-state index in [4.69, 9.17) is 4.42 Å². The highest BCUT2D eigenvalue weighted by Gasteiger charge is 2.18. The lowest BCUT2D eigenvalue weighted by Crippen LogP contribution is -2.06. The van der Waals surface area contributed by atoms with Crippen molar-refractivity contribution in [2.24, 2.45) is 7.05 Å². The van der Waals surface area contributed by atoms with Crippen LogP contribution >= 0.6 is 0 Å². The molecule has 0 spiro atoms. The highest BCUT2D eigenvalue weighted by Crippen LogP contribution is 2.22. The molecule has 0 aromatic carbocycles. The van der Waals surface area contributed by atoms with Gasteiger partial charge in [0, 0.05) is 37.8 Å². The average molecular weight is 246 g/mol. The molecule has 0 bridgehead atoms. The molecular weight excluding hydrogens is 228 g/mol. The first-order valence-electron chi connectivity index (χ1n) is 6.06. The Morgan fingerprint density at radius 1 is 1.33 bits per heavy atom. The molecule has 2 aromatic rings. The van der Waals surface area contributed by atoms with Crippen LogP contribution in [-0.4, -0.2) is 15.3 Å². The van der Waals surface area contributed by atoms with Crippen LogP contribution in [0.15, 0.2) is 16.8 Å². The van der Waals surface area contributed by atoms with E-state index in [-0.39, 0.29) is 5.78 Å². The van der Waals surface area contributed by atoms with Crippen LogP contribution in [0.3, 0.4) is 0 Å². The van der Waals surface area contributed by atoms with Crippen LogP contribution in [0.5, 0.6) is 0 Å². The van der Waals surface area contributed by atoms with E-state index < -0.39 is 0 Å². The Hall–Kier alpha value is -1.84. The summed E-state index contributed by atoms with van der Waals surface area (Å²) in [6.45, 7) is 5.66. The summed E-state index contributed by atoms with van der Waals surface area (Å²) in [4.78, 5) is 16.4. The van der Waals surface area contributed by atoms with Gasteiger partial charge < -0.3 is 8.98 Å². The molecule has 0 unspecified atom stereocenters. The fourth-order valence-corrected chi connectivity index (χ4v) is 2.19. The molecule has 0 amide bonds. The number of hydrogen-bond donors (Lipinski definition) is 0. The molecule has 0 saturated carbocycles. The molecule has 4 nitrogen and oxygen atoms in total. The normalized spacial score (nSPS) is 10.9. The lowest BCUT2D eigenvalue weighted by molar-refractivity contribution is 0.0980. The van der Waals surface area contributed by atoms with Crippen molar-refractivity contribution < 1.29 is 9.21 Å². The third-order valence-corrected chi connectivity index (χ3v) is 3.34. The number of aryl methyl sites for hydroxylation is 4. The van der Waals surface area contributed by atoms with E-state index in [0.717, 1.165) is 28.5 Å². The number of nitrogens with zero attached hydrogens (tertiary/aromatic N) is 2. The van der Waals surface area contributed by atoms with Crippen LogP contribution in [0.25, 0.3) is 0 Å². The van der Waals surface area contributed by atoms with Crippen molar-refractivity contribution in [3.05, 3.63) is 40.9 Å². The molecule has 0 aliphatic rings. The number of imidazole rings is 1. The first-order valence-corrected chi connectivity index (χ1v) is 6.06. The summed E-state index contributed by atoms with van der Waals surface area (Å²) in [5, 5.41) is 0. The minimum absolute atomic E-state index is 0.129. The van der Waals surface area contributed by atoms with Gasteiger partial charge in [-0.2, -0.15) is 0 Å². The number of Topliss-reactive ketones (excluding diaryl/α,β-unsaturated/α-hetero) is 1. The quantitative estimate of drug-likeness (QED) is 0.779. The van der Waals surface area contributed by atoms with Crippen LogP contribution in [0.1, 0.15) is 39.7 Å². The molecule has 2 rings (SSSR count). The molecule has 0 aliphatic carbocycles. The lowest BCUT2D eigenvalue weighted by atomic mass is 10.0. The number of ketones is 1. The average Bonchev–Trinajstić information content (AvgIpc) is 2.81. The summed E-state index contributed by atoms with van der Waals surface area (Å²) >= 11 is 0. The Kier molecular flexibility index (Phi) is 3.36. The summed E-state index contributed by atoms with van der Waals surface area (Å²) in [6, 6.07) is 0. The van der Waals surface area contributed by atoms with Gasteiger partial charge in [0.05, 0.1) is 5.56 Å². The van der Waals surface area contributed by atoms with E-state index in [2.05, 4.69) is 4.98 Å². The second kappa shape index (κ2) is 4.80. The van der Waals surface area contributed by atoms with E-state index in [1.54, 1.807) is 6.20 Å². The van der Waals surface area contributed by atoms with Crippen molar-refractivity contribution in [1.29, 1.82) is 0 Å². The van der Waals surface area contributed by atoms with Gasteiger partial charge in [0.25, 0.3) is 0 Å². The standard InChI is InChI=1S/C14H18N2O2/c1-9-10(2)18-11(3)14(9)12(17)5-6-13-15-7-8-16(13)4/h7-8H,5-6H2,1-4H3. The molecule has 0 N–H and O–H groups in total. The molecule has 2 heterocycles. The number of hydrogen-bond acceptors (Lipinski definition) is 3. The summed E-state index contributed by atoms with van der Waals surface area (Å²) in [5.74, 6) is 2.60. The zero-order valence-electron chi connectivity index (χ0n) is 11.3. The van der Waals surface area contributed by atoms with Gasteiger partial charge in [-0.25, -0.2) is 4.98 Å². The van der Waals surface area contributed by atoms with Gasteiger partial charge in [-0.3, -0.25) is 4.79 Å². The Morgan fingerprint density at radius 2 is 2.06 bits per heavy atom. The van der Waals surface area contributed by atoms with Crippen molar-refractivity contribution in [3.8, 4) is 0 Å². The summed E-state index contributed by atoms with van der Waals surface area (Å²) < 4.78 is 7.42. The minimum Gasteiger partial charge on any atom is -0.466 e. The zero-order chi connectivity index (χ0) is 13.3. The van der Waals surface area contributed by atoms with Gasteiger partial charge >= 0.3 is 0 Å². The smallest absolute Gasteiger partial charge is 0.167 e. The molecule has 96 valence electrons. The second-order valence-electron chi connectivity index (χ2n) is 4.59. The first-order chi connectivity index (χ1) is 8.50. The zero-order valence-corrected chi connectivity index (χ0v) is 11.3. The van der Waals surface area contributed by atoms with E-state index in [1.807, 2.05) is 38.6 Å². The maximum absolute atomic E-state index is 12.2. The monoisotopic (exact) mass is 246 g/mol. The van der Waals surface area contributed by atoms with E-state index in [1.165, 1.54) is 0 Å². The van der Waals surface area contributed by atoms with Gasteiger partial charge in [0.2, 0.25) is 0 Å². The van der Waals surface area contributed by atoms with Crippen LogP contribution in [0.4, 0.5) is 0 Å². The van der Waals surface area contributed by atoms with Crippen molar-refractivity contribution in [2.45, 2.75) is 33.6 Å². The molecule has 4 heteroatoms. The summed E-state index contributed by atoms with van der Waals surface area (Å²) in [6.07, 6.45) is 4.76. The predicted octanol–water partition coefficient (Wildman–Crippen LogP) is 2.75. The van der Waals surface area contributed by atoms with Crippen molar-refractivity contribution >= 4 is 5.78 Å². The topological polar surface area (TPSA) is 48.0 Å². The van der Waals surface area contributed by atoms with Crippen molar-refractivity contribution in [2.75, 3.05) is 0 Å². The third-order valence-electron chi connectivity index (χ3n) is 3.34. The van der Waals surface area contributed by atoms with Crippen LogP contribution in [0, 0.1) is 20.8 Å². The van der Waals surface area contributed by atoms with Gasteiger partial charge in [-0.05, 0) is 20.8 Å². The van der Waals surface area contributed by atoms with Gasteiger partial charge in [0.1, 0.15) is 17.3 Å². The van der Waals surface area contributed by atoms with Crippen LogP contribution in [0.2, 0.25) is 0 Å². The van der Waals surface area contributed by atoms with Crippen LogP contribution in [-0.2, 0) is 13.5 Å². The van der Waals surface area contributed by atoms with E-state index in [9.17, 15) is 4.79 Å². The van der Waals surface area contributed by atoms with Crippen LogP contribution < -0.4 is 0 Å². The van der Waals surface area contributed by atoms with Gasteiger partial charge in [0.15, 0.2) is 5.78 Å². The highest BCUT2D eigenvalue weighted by atomic mass is 16.3. The van der Waals surface area contributed by atoms with E-state index in [0.29, 0.717) is 12.8 Å². The first kappa shape index (κ1) is 12.6. The van der Waals surface area contributed by atoms with Crippen molar-refractivity contribution in [3.63, 3.8) is 0 Å².